The lowest BCUT2D eigenvalue weighted by Gasteiger charge is -2.13. The molecule has 0 atom stereocenters. The lowest BCUT2D eigenvalue weighted by atomic mass is 10.1. The lowest BCUT2D eigenvalue weighted by Crippen LogP contribution is -2.02. The molecule has 0 bridgehead atoms. The summed E-state index contributed by atoms with van der Waals surface area (Å²) in [7, 11) is 3.33. The van der Waals surface area contributed by atoms with Gasteiger partial charge in [0, 0.05) is 12.6 Å². The fourth-order valence-corrected chi connectivity index (χ4v) is 1.97. The van der Waals surface area contributed by atoms with Gasteiger partial charge in [-0.3, -0.25) is 0 Å². The molecule has 0 aliphatic carbocycles. The van der Waals surface area contributed by atoms with Crippen LogP contribution in [-0.2, 0) is 6.54 Å². The number of methoxy groups -OCH3 is 2. The van der Waals surface area contributed by atoms with Crippen LogP contribution >= 0.6 is 0 Å². The summed E-state index contributed by atoms with van der Waals surface area (Å²) in [6.07, 6.45) is 0. The molecule has 3 heteroatoms. The molecule has 0 spiro atoms. The normalized spacial score (nSPS) is 10.1. The number of rotatable bonds is 5. The molecule has 0 aliphatic rings. The first-order valence-corrected chi connectivity index (χ1v) is 6.24. The van der Waals surface area contributed by atoms with Gasteiger partial charge in [0.1, 0.15) is 11.5 Å². The maximum atomic E-state index is 5.34. The second kappa shape index (κ2) is 6.14. The second-order valence-corrected chi connectivity index (χ2v) is 4.41. The summed E-state index contributed by atoms with van der Waals surface area (Å²) >= 11 is 0. The predicted octanol–water partition coefficient (Wildman–Crippen LogP) is 3.62. The van der Waals surface area contributed by atoms with Crippen molar-refractivity contribution in [3.63, 3.8) is 0 Å². The summed E-state index contributed by atoms with van der Waals surface area (Å²) < 4.78 is 10.6. The predicted molar refractivity (Wildman–Crippen MR) is 78.1 cm³/mol. The van der Waals surface area contributed by atoms with Crippen LogP contribution in [-0.4, -0.2) is 14.2 Å². The number of aryl methyl sites for hydroxylation is 1. The van der Waals surface area contributed by atoms with Crippen LogP contribution in [0.25, 0.3) is 0 Å². The van der Waals surface area contributed by atoms with E-state index < -0.39 is 0 Å². The Morgan fingerprint density at radius 1 is 1.00 bits per heavy atom. The SMILES string of the molecule is COc1ccc(OC)c(NCc2cccc(C)c2)c1. The molecule has 3 nitrogen and oxygen atoms in total. The summed E-state index contributed by atoms with van der Waals surface area (Å²) in [5.41, 5.74) is 3.44. The number of anilines is 1. The van der Waals surface area contributed by atoms with Crippen LogP contribution in [0.2, 0.25) is 0 Å². The van der Waals surface area contributed by atoms with Crippen molar-refractivity contribution < 1.29 is 9.47 Å². The van der Waals surface area contributed by atoms with Crippen molar-refractivity contribution in [2.75, 3.05) is 19.5 Å². The molecule has 0 radical (unpaired) electrons. The van der Waals surface area contributed by atoms with E-state index in [0.717, 1.165) is 23.7 Å². The van der Waals surface area contributed by atoms with Gasteiger partial charge in [-0.1, -0.05) is 29.8 Å². The fourth-order valence-electron chi connectivity index (χ4n) is 1.97. The van der Waals surface area contributed by atoms with Crippen molar-refractivity contribution >= 4 is 5.69 Å². The third-order valence-corrected chi connectivity index (χ3v) is 2.97. The van der Waals surface area contributed by atoms with E-state index in [-0.39, 0.29) is 0 Å². The van der Waals surface area contributed by atoms with Gasteiger partial charge in [0.15, 0.2) is 0 Å². The number of nitrogens with one attached hydrogen (secondary N) is 1. The summed E-state index contributed by atoms with van der Waals surface area (Å²) in [4.78, 5) is 0. The minimum Gasteiger partial charge on any atom is -0.497 e. The first-order valence-electron chi connectivity index (χ1n) is 6.24. The molecule has 0 heterocycles. The number of ether oxygens (including phenoxy) is 2. The average Bonchev–Trinajstić information content (AvgIpc) is 2.45. The standard InChI is InChI=1S/C16H19NO2/c1-12-5-4-6-13(9-12)11-17-15-10-14(18-2)7-8-16(15)19-3/h4-10,17H,11H2,1-3H3. The highest BCUT2D eigenvalue weighted by molar-refractivity contribution is 5.59. The Hall–Kier alpha value is -2.16. The van der Waals surface area contributed by atoms with Crippen LogP contribution in [0.5, 0.6) is 11.5 Å². The molecule has 0 saturated heterocycles. The van der Waals surface area contributed by atoms with Gasteiger partial charge in [0.05, 0.1) is 19.9 Å². The molecule has 0 amide bonds. The molecule has 1 N–H and O–H groups in total. The third kappa shape index (κ3) is 3.41. The summed E-state index contributed by atoms with van der Waals surface area (Å²) in [5, 5.41) is 3.38. The molecule has 100 valence electrons. The van der Waals surface area contributed by atoms with Crippen molar-refractivity contribution in [1.29, 1.82) is 0 Å². The second-order valence-electron chi connectivity index (χ2n) is 4.41. The maximum absolute atomic E-state index is 5.34. The summed E-state index contributed by atoms with van der Waals surface area (Å²) in [6.45, 7) is 2.85. The molecule has 0 saturated carbocycles. The van der Waals surface area contributed by atoms with Gasteiger partial charge in [0.2, 0.25) is 0 Å². The number of hydrogen-bond acceptors (Lipinski definition) is 3. The van der Waals surface area contributed by atoms with E-state index in [9.17, 15) is 0 Å². The highest BCUT2D eigenvalue weighted by atomic mass is 16.5. The highest BCUT2D eigenvalue weighted by Gasteiger charge is 2.04. The monoisotopic (exact) mass is 257 g/mol. The van der Waals surface area contributed by atoms with Crippen LogP contribution in [0.3, 0.4) is 0 Å². The van der Waals surface area contributed by atoms with Crippen molar-refractivity contribution in [3.05, 3.63) is 53.6 Å². The van der Waals surface area contributed by atoms with Crippen LogP contribution in [0.4, 0.5) is 5.69 Å². The minimum absolute atomic E-state index is 0.755. The van der Waals surface area contributed by atoms with E-state index in [1.807, 2.05) is 18.2 Å². The smallest absolute Gasteiger partial charge is 0.142 e. The van der Waals surface area contributed by atoms with Crippen LogP contribution < -0.4 is 14.8 Å². The Kier molecular flexibility index (Phi) is 4.29. The highest BCUT2D eigenvalue weighted by Crippen LogP contribution is 2.29. The Morgan fingerprint density at radius 2 is 1.84 bits per heavy atom. The zero-order valence-corrected chi connectivity index (χ0v) is 11.6. The fraction of sp³-hybridized carbons (Fsp3) is 0.250. The van der Waals surface area contributed by atoms with E-state index >= 15 is 0 Å². The molecule has 19 heavy (non-hydrogen) atoms. The molecule has 0 fully saturated rings. The van der Waals surface area contributed by atoms with E-state index in [2.05, 4.69) is 36.5 Å². The quantitative estimate of drug-likeness (QED) is 0.887. The lowest BCUT2D eigenvalue weighted by molar-refractivity contribution is 0.404. The zero-order valence-electron chi connectivity index (χ0n) is 11.6. The molecule has 2 aromatic carbocycles. The van der Waals surface area contributed by atoms with Crippen molar-refractivity contribution in [2.24, 2.45) is 0 Å². The Morgan fingerprint density at radius 3 is 2.53 bits per heavy atom. The van der Waals surface area contributed by atoms with Crippen molar-refractivity contribution in [3.8, 4) is 11.5 Å². The zero-order chi connectivity index (χ0) is 13.7. The topological polar surface area (TPSA) is 30.5 Å². The van der Waals surface area contributed by atoms with Crippen molar-refractivity contribution in [2.45, 2.75) is 13.5 Å². The first-order chi connectivity index (χ1) is 9.22. The van der Waals surface area contributed by atoms with E-state index in [0.29, 0.717) is 0 Å². The van der Waals surface area contributed by atoms with Crippen LogP contribution in [0.15, 0.2) is 42.5 Å². The third-order valence-electron chi connectivity index (χ3n) is 2.97. The van der Waals surface area contributed by atoms with Crippen molar-refractivity contribution in [1.82, 2.24) is 0 Å². The Labute approximate surface area is 114 Å². The largest absolute Gasteiger partial charge is 0.497 e. The van der Waals surface area contributed by atoms with Gasteiger partial charge in [-0.25, -0.2) is 0 Å². The van der Waals surface area contributed by atoms with E-state index in [4.69, 9.17) is 9.47 Å². The molecule has 2 rings (SSSR count). The number of hydrogen-bond donors (Lipinski definition) is 1. The number of benzene rings is 2. The van der Waals surface area contributed by atoms with E-state index in [1.165, 1.54) is 11.1 Å². The minimum atomic E-state index is 0.755. The molecular weight excluding hydrogens is 238 g/mol. The van der Waals surface area contributed by atoms with E-state index in [1.54, 1.807) is 14.2 Å². The molecule has 2 aromatic rings. The Balaban J connectivity index is 2.14. The van der Waals surface area contributed by atoms with Gasteiger partial charge in [-0.05, 0) is 24.6 Å². The maximum Gasteiger partial charge on any atom is 0.142 e. The van der Waals surface area contributed by atoms with Crippen LogP contribution in [0.1, 0.15) is 11.1 Å². The van der Waals surface area contributed by atoms with Gasteiger partial charge in [0.25, 0.3) is 0 Å². The molecule has 0 unspecified atom stereocenters. The van der Waals surface area contributed by atoms with Gasteiger partial charge < -0.3 is 14.8 Å². The first kappa shape index (κ1) is 13.3. The van der Waals surface area contributed by atoms with Crippen LogP contribution in [0, 0.1) is 6.92 Å². The molecular formula is C16H19NO2. The van der Waals surface area contributed by atoms with Gasteiger partial charge >= 0.3 is 0 Å². The van der Waals surface area contributed by atoms with Gasteiger partial charge in [-0.2, -0.15) is 0 Å². The average molecular weight is 257 g/mol. The molecule has 0 aromatic heterocycles. The summed E-state index contributed by atoms with van der Waals surface area (Å²) in [6, 6.07) is 14.2. The summed E-state index contributed by atoms with van der Waals surface area (Å²) in [5.74, 6) is 1.63. The Bertz CT molecular complexity index is 552. The van der Waals surface area contributed by atoms with Gasteiger partial charge in [-0.15, -0.1) is 0 Å². The molecule has 0 aliphatic heterocycles.